The SMILES string of the molecule is O=[N+]([O-])c1ccc(NC(C2CC2)C2CC2)c2cccnc12. The summed E-state index contributed by atoms with van der Waals surface area (Å²) in [6, 6.07) is 7.67. The number of nitro groups is 1. The first-order chi connectivity index (χ1) is 10.2. The highest BCUT2D eigenvalue weighted by Crippen LogP contribution is 2.46. The van der Waals surface area contributed by atoms with E-state index in [9.17, 15) is 10.1 Å². The lowest BCUT2D eigenvalue weighted by Crippen LogP contribution is -2.24. The third-order valence-corrected chi connectivity index (χ3v) is 4.53. The molecule has 2 fully saturated rings. The van der Waals surface area contributed by atoms with Gasteiger partial charge < -0.3 is 5.32 Å². The van der Waals surface area contributed by atoms with Gasteiger partial charge in [0.15, 0.2) is 0 Å². The van der Waals surface area contributed by atoms with Gasteiger partial charge in [0.25, 0.3) is 5.69 Å². The van der Waals surface area contributed by atoms with Gasteiger partial charge in [-0.15, -0.1) is 0 Å². The minimum atomic E-state index is -0.363. The zero-order valence-electron chi connectivity index (χ0n) is 11.7. The number of anilines is 1. The van der Waals surface area contributed by atoms with Crippen molar-refractivity contribution in [3.05, 3.63) is 40.6 Å². The molecule has 0 spiro atoms. The molecule has 0 bridgehead atoms. The molecular formula is C16H17N3O2. The minimum absolute atomic E-state index is 0.0746. The molecule has 5 nitrogen and oxygen atoms in total. The van der Waals surface area contributed by atoms with Gasteiger partial charge in [-0.25, -0.2) is 4.98 Å². The van der Waals surface area contributed by atoms with Crippen LogP contribution in [0.1, 0.15) is 25.7 Å². The number of pyridine rings is 1. The molecule has 4 rings (SSSR count). The Hall–Kier alpha value is -2.17. The average molecular weight is 283 g/mol. The summed E-state index contributed by atoms with van der Waals surface area (Å²) in [4.78, 5) is 15.0. The van der Waals surface area contributed by atoms with Crippen LogP contribution in [0.4, 0.5) is 11.4 Å². The van der Waals surface area contributed by atoms with E-state index in [4.69, 9.17) is 0 Å². The Morgan fingerprint density at radius 2 is 1.90 bits per heavy atom. The van der Waals surface area contributed by atoms with Gasteiger partial charge in [0.1, 0.15) is 5.52 Å². The summed E-state index contributed by atoms with van der Waals surface area (Å²) in [5.41, 5.74) is 1.52. The van der Waals surface area contributed by atoms with Gasteiger partial charge in [-0.3, -0.25) is 10.1 Å². The minimum Gasteiger partial charge on any atom is -0.381 e. The number of non-ortho nitro benzene ring substituents is 1. The zero-order chi connectivity index (χ0) is 14.4. The maximum Gasteiger partial charge on any atom is 0.295 e. The number of hydrogen-bond donors (Lipinski definition) is 1. The summed E-state index contributed by atoms with van der Waals surface area (Å²) >= 11 is 0. The number of nitrogens with one attached hydrogen (secondary N) is 1. The Balaban J connectivity index is 1.74. The van der Waals surface area contributed by atoms with Crippen molar-refractivity contribution in [1.82, 2.24) is 4.98 Å². The normalized spacial score (nSPS) is 18.1. The molecule has 0 saturated heterocycles. The second-order valence-corrected chi connectivity index (χ2v) is 6.13. The fourth-order valence-corrected chi connectivity index (χ4v) is 3.14. The summed E-state index contributed by atoms with van der Waals surface area (Å²) in [6.45, 7) is 0. The molecule has 2 saturated carbocycles. The molecule has 0 amide bonds. The van der Waals surface area contributed by atoms with Gasteiger partial charge >= 0.3 is 0 Å². The third-order valence-electron chi connectivity index (χ3n) is 4.53. The molecule has 0 unspecified atom stereocenters. The molecule has 0 aliphatic heterocycles. The van der Waals surface area contributed by atoms with E-state index < -0.39 is 0 Å². The van der Waals surface area contributed by atoms with Crippen LogP contribution in [0, 0.1) is 22.0 Å². The van der Waals surface area contributed by atoms with E-state index >= 15 is 0 Å². The van der Waals surface area contributed by atoms with Crippen molar-refractivity contribution in [1.29, 1.82) is 0 Å². The number of rotatable bonds is 5. The van der Waals surface area contributed by atoms with Crippen molar-refractivity contribution in [3.8, 4) is 0 Å². The van der Waals surface area contributed by atoms with Crippen molar-refractivity contribution < 1.29 is 4.92 Å². The van der Waals surface area contributed by atoms with E-state index in [0.717, 1.165) is 22.9 Å². The number of fused-ring (bicyclic) bond motifs is 1. The van der Waals surface area contributed by atoms with Crippen LogP contribution in [0.3, 0.4) is 0 Å². The predicted octanol–water partition coefficient (Wildman–Crippen LogP) is 3.74. The van der Waals surface area contributed by atoms with Crippen molar-refractivity contribution in [2.45, 2.75) is 31.7 Å². The summed E-state index contributed by atoms with van der Waals surface area (Å²) < 4.78 is 0. The molecule has 0 radical (unpaired) electrons. The molecule has 2 aliphatic rings. The largest absolute Gasteiger partial charge is 0.381 e. The first-order valence-corrected chi connectivity index (χ1v) is 7.52. The van der Waals surface area contributed by atoms with Crippen LogP contribution >= 0.6 is 0 Å². The van der Waals surface area contributed by atoms with Gasteiger partial charge in [-0.05, 0) is 55.7 Å². The lowest BCUT2D eigenvalue weighted by atomic mass is 10.1. The second-order valence-electron chi connectivity index (χ2n) is 6.13. The molecule has 0 atom stereocenters. The van der Waals surface area contributed by atoms with E-state index in [-0.39, 0.29) is 10.6 Å². The van der Waals surface area contributed by atoms with Crippen LogP contribution in [0.25, 0.3) is 10.9 Å². The molecule has 21 heavy (non-hydrogen) atoms. The zero-order valence-corrected chi connectivity index (χ0v) is 11.7. The maximum atomic E-state index is 11.1. The van der Waals surface area contributed by atoms with Crippen molar-refractivity contribution in [3.63, 3.8) is 0 Å². The number of nitro benzene ring substituents is 1. The van der Waals surface area contributed by atoms with Crippen LogP contribution in [0.2, 0.25) is 0 Å². The Kier molecular flexibility index (Phi) is 2.80. The summed E-state index contributed by atoms with van der Waals surface area (Å²) in [7, 11) is 0. The Morgan fingerprint density at radius 3 is 2.52 bits per heavy atom. The molecular weight excluding hydrogens is 266 g/mol. The molecule has 1 N–H and O–H groups in total. The summed E-state index contributed by atoms with van der Waals surface area (Å²) in [5, 5.41) is 15.6. The Bertz CT molecular complexity index is 696. The van der Waals surface area contributed by atoms with E-state index in [1.807, 2.05) is 18.2 Å². The highest BCUT2D eigenvalue weighted by Gasteiger charge is 2.41. The van der Waals surface area contributed by atoms with Crippen molar-refractivity contribution >= 4 is 22.3 Å². The van der Waals surface area contributed by atoms with E-state index in [0.29, 0.717) is 11.6 Å². The van der Waals surface area contributed by atoms with Crippen molar-refractivity contribution in [2.24, 2.45) is 11.8 Å². The first kappa shape index (κ1) is 12.6. The number of benzene rings is 1. The molecule has 108 valence electrons. The van der Waals surface area contributed by atoms with Gasteiger partial charge in [-0.1, -0.05) is 0 Å². The fraction of sp³-hybridized carbons (Fsp3) is 0.438. The summed E-state index contributed by atoms with van der Waals surface area (Å²) in [5.74, 6) is 1.55. The Labute approximate surface area is 122 Å². The fourth-order valence-electron chi connectivity index (χ4n) is 3.14. The molecule has 2 aromatic rings. The molecule has 1 heterocycles. The predicted molar refractivity (Wildman–Crippen MR) is 81.3 cm³/mol. The lowest BCUT2D eigenvalue weighted by Gasteiger charge is -2.20. The van der Waals surface area contributed by atoms with Crippen LogP contribution in [-0.2, 0) is 0 Å². The smallest absolute Gasteiger partial charge is 0.295 e. The second kappa shape index (κ2) is 4.69. The van der Waals surface area contributed by atoms with Gasteiger partial charge in [0.2, 0.25) is 0 Å². The van der Waals surface area contributed by atoms with Gasteiger partial charge in [-0.2, -0.15) is 0 Å². The molecule has 5 heteroatoms. The first-order valence-electron chi connectivity index (χ1n) is 7.52. The van der Waals surface area contributed by atoms with Crippen LogP contribution < -0.4 is 5.32 Å². The lowest BCUT2D eigenvalue weighted by molar-refractivity contribution is -0.383. The molecule has 1 aromatic carbocycles. The Morgan fingerprint density at radius 1 is 1.19 bits per heavy atom. The summed E-state index contributed by atoms with van der Waals surface area (Å²) in [6.07, 6.45) is 6.82. The van der Waals surface area contributed by atoms with Crippen LogP contribution in [-0.4, -0.2) is 15.9 Å². The van der Waals surface area contributed by atoms with E-state index in [2.05, 4.69) is 10.3 Å². The van der Waals surface area contributed by atoms with Crippen LogP contribution in [0.15, 0.2) is 30.5 Å². The van der Waals surface area contributed by atoms with Gasteiger partial charge in [0.05, 0.1) is 4.92 Å². The average Bonchev–Trinajstić information content (AvgIpc) is 3.38. The molecule has 2 aliphatic carbocycles. The van der Waals surface area contributed by atoms with Crippen LogP contribution in [0.5, 0.6) is 0 Å². The molecule has 1 aromatic heterocycles. The monoisotopic (exact) mass is 283 g/mol. The number of nitrogens with zero attached hydrogens (tertiary/aromatic N) is 2. The topological polar surface area (TPSA) is 68.1 Å². The van der Waals surface area contributed by atoms with E-state index in [1.165, 1.54) is 25.7 Å². The van der Waals surface area contributed by atoms with Gasteiger partial charge in [0, 0.05) is 29.4 Å². The van der Waals surface area contributed by atoms with E-state index in [1.54, 1.807) is 12.3 Å². The third kappa shape index (κ3) is 2.33. The maximum absolute atomic E-state index is 11.1. The quantitative estimate of drug-likeness (QED) is 0.670. The van der Waals surface area contributed by atoms with Crippen molar-refractivity contribution in [2.75, 3.05) is 5.32 Å². The number of hydrogen-bond acceptors (Lipinski definition) is 4. The highest BCUT2D eigenvalue weighted by molar-refractivity contribution is 5.97. The standard InChI is InChI=1S/C16H17N3O2/c20-19(21)14-8-7-13(12-2-1-9-17-16(12)14)18-15(10-3-4-10)11-5-6-11/h1-2,7-11,15,18H,3-6H2. The highest BCUT2D eigenvalue weighted by atomic mass is 16.6. The number of aromatic nitrogens is 1.